The highest BCUT2D eigenvalue weighted by atomic mass is 32.1. The van der Waals surface area contributed by atoms with E-state index in [-0.39, 0.29) is 6.61 Å². The minimum absolute atomic E-state index is 0.203. The lowest BCUT2D eigenvalue weighted by Gasteiger charge is -2.21. The second-order valence-corrected chi connectivity index (χ2v) is 9.93. The van der Waals surface area contributed by atoms with Gasteiger partial charge in [-0.15, -0.1) is 11.3 Å². The molecule has 1 unspecified atom stereocenters. The number of aliphatic hydroxyl groups excluding tert-OH is 3. The molecule has 4 aromatic rings. The molecule has 5 rings (SSSR count). The molecule has 4 aromatic heterocycles. The maximum Gasteiger partial charge on any atom is 0.224 e. The monoisotopic (exact) mass is 508 g/mol. The van der Waals surface area contributed by atoms with Gasteiger partial charge in [0.25, 0.3) is 0 Å². The van der Waals surface area contributed by atoms with Crippen LogP contribution in [0, 0.1) is 19.8 Å². The van der Waals surface area contributed by atoms with Gasteiger partial charge in [0.2, 0.25) is 5.95 Å². The molecule has 188 valence electrons. The van der Waals surface area contributed by atoms with E-state index in [0.717, 1.165) is 32.2 Å². The van der Waals surface area contributed by atoms with E-state index in [4.69, 9.17) is 9.97 Å². The predicted molar refractivity (Wildman–Crippen MR) is 137 cm³/mol. The van der Waals surface area contributed by atoms with Crippen LogP contribution in [-0.2, 0) is 6.42 Å². The first-order valence-corrected chi connectivity index (χ1v) is 12.6. The molecule has 1 aliphatic carbocycles. The first-order valence-electron chi connectivity index (χ1n) is 11.8. The lowest BCUT2D eigenvalue weighted by atomic mass is 10.1. The quantitative estimate of drug-likeness (QED) is 0.236. The van der Waals surface area contributed by atoms with Crippen LogP contribution in [0.4, 0.5) is 11.8 Å². The van der Waals surface area contributed by atoms with Gasteiger partial charge in [-0.2, -0.15) is 4.98 Å². The van der Waals surface area contributed by atoms with Gasteiger partial charge in [-0.05, 0) is 26.3 Å². The number of rotatable bonds is 8. The van der Waals surface area contributed by atoms with Gasteiger partial charge in [0.15, 0.2) is 0 Å². The third-order valence-corrected chi connectivity index (χ3v) is 7.47. The molecular weight excluding hydrogens is 480 g/mol. The summed E-state index contributed by atoms with van der Waals surface area (Å²) in [7, 11) is 0. The van der Waals surface area contributed by atoms with Gasteiger partial charge < -0.3 is 26.0 Å². The molecule has 0 aromatic carbocycles. The number of pyridine rings is 1. The van der Waals surface area contributed by atoms with E-state index >= 15 is 0 Å². The number of hydrogen-bond donors (Lipinski definition) is 5. The van der Waals surface area contributed by atoms with E-state index in [0.29, 0.717) is 36.8 Å². The average molecular weight is 509 g/mol. The normalized spacial score (nSPS) is 21.7. The van der Waals surface area contributed by atoms with Gasteiger partial charge in [-0.1, -0.05) is 0 Å². The van der Waals surface area contributed by atoms with Crippen LogP contribution in [-0.4, -0.2) is 76.6 Å². The number of thiazole rings is 1. The first kappa shape index (κ1) is 24.4. The summed E-state index contributed by atoms with van der Waals surface area (Å²) < 4.78 is 1.01. The fourth-order valence-corrected chi connectivity index (χ4v) is 5.60. The minimum atomic E-state index is -1.04. The van der Waals surface area contributed by atoms with E-state index in [1.807, 2.05) is 19.9 Å². The Labute approximate surface area is 211 Å². The van der Waals surface area contributed by atoms with Crippen LogP contribution < -0.4 is 10.6 Å². The molecule has 0 radical (unpaired) electrons. The maximum atomic E-state index is 10.6. The molecule has 11 nitrogen and oxygen atoms in total. The molecule has 0 aliphatic heterocycles. The molecule has 5 N–H and O–H groups in total. The standard InChI is InChI=1S/C24H28N8O3S/c1-12-18(23-31-19-13(2)26-6-4-17(19)36-23)22(30-16-9-14(11-33)20(34)21(16)35)32-24(29-12)28-5-3-15-10-25-7-8-27-15/h4,6-8,10,14,16,20-21,33-35H,3,5,9,11H2,1-2H3,(H2,28,29,30,32)/t14-,16?,20-,21+/m1/s1. The number of hydrogen-bond acceptors (Lipinski definition) is 12. The van der Waals surface area contributed by atoms with Crippen molar-refractivity contribution in [2.24, 2.45) is 5.92 Å². The zero-order valence-corrected chi connectivity index (χ0v) is 20.8. The van der Waals surface area contributed by atoms with Gasteiger partial charge in [0, 0.05) is 50.3 Å². The Bertz CT molecular complexity index is 1350. The van der Waals surface area contributed by atoms with E-state index in [1.165, 1.54) is 11.3 Å². The Hall–Kier alpha value is -3.32. The Morgan fingerprint density at radius 1 is 1.03 bits per heavy atom. The van der Waals surface area contributed by atoms with Crippen LogP contribution in [0.2, 0.25) is 0 Å². The van der Waals surface area contributed by atoms with Crippen LogP contribution in [0.15, 0.2) is 30.9 Å². The maximum absolute atomic E-state index is 10.6. The molecule has 1 aliphatic rings. The second-order valence-electron chi connectivity index (χ2n) is 8.90. The second kappa shape index (κ2) is 10.3. The van der Waals surface area contributed by atoms with Crippen LogP contribution in [0.3, 0.4) is 0 Å². The molecule has 4 heterocycles. The highest BCUT2D eigenvalue weighted by molar-refractivity contribution is 7.21. The van der Waals surface area contributed by atoms with Gasteiger partial charge in [-0.25, -0.2) is 9.97 Å². The Morgan fingerprint density at radius 3 is 2.61 bits per heavy atom. The number of aliphatic hydroxyl groups is 3. The van der Waals surface area contributed by atoms with E-state index in [9.17, 15) is 15.3 Å². The fraction of sp³-hybridized carbons (Fsp3) is 0.417. The molecule has 12 heteroatoms. The van der Waals surface area contributed by atoms with Gasteiger partial charge in [0.05, 0.1) is 39.5 Å². The Kier molecular flexibility index (Phi) is 7.01. The van der Waals surface area contributed by atoms with Crippen molar-refractivity contribution >= 4 is 33.3 Å². The number of aryl methyl sites for hydroxylation is 2. The SMILES string of the molecule is Cc1nc(NCCc2cnccn2)nc(NC2C[C@H](CO)[C@@H](O)[C@H]2O)c1-c1nc2c(C)nccc2s1. The zero-order chi connectivity index (χ0) is 25.2. The van der Waals surface area contributed by atoms with Gasteiger partial charge in [-0.3, -0.25) is 15.0 Å². The number of aromatic nitrogens is 6. The van der Waals surface area contributed by atoms with E-state index < -0.39 is 24.2 Å². The molecule has 0 amide bonds. The van der Waals surface area contributed by atoms with Crippen molar-refractivity contribution in [1.29, 1.82) is 0 Å². The van der Waals surface area contributed by atoms with Crippen molar-refractivity contribution in [2.75, 3.05) is 23.8 Å². The Balaban J connectivity index is 1.48. The smallest absolute Gasteiger partial charge is 0.224 e. The minimum Gasteiger partial charge on any atom is -0.396 e. The molecule has 36 heavy (non-hydrogen) atoms. The number of nitrogens with one attached hydrogen (secondary N) is 2. The number of nitrogens with zero attached hydrogens (tertiary/aromatic N) is 6. The molecule has 0 saturated heterocycles. The van der Waals surface area contributed by atoms with Crippen LogP contribution in [0.1, 0.15) is 23.5 Å². The molecule has 0 bridgehead atoms. The van der Waals surface area contributed by atoms with Crippen molar-refractivity contribution in [3.8, 4) is 10.6 Å². The summed E-state index contributed by atoms with van der Waals surface area (Å²) in [5.74, 6) is 0.516. The third-order valence-electron chi connectivity index (χ3n) is 6.43. The van der Waals surface area contributed by atoms with Crippen LogP contribution >= 0.6 is 11.3 Å². The fourth-order valence-electron chi connectivity index (χ4n) is 4.49. The summed E-state index contributed by atoms with van der Waals surface area (Å²) in [5.41, 5.74) is 3.96. The van der Waals surface area contributed by atoms with Crippen molar-refractivity contribution in [3.63, 3.8) is 0 Å². The number of fused-ring (bicyclic) bond motifs is 1. The van der Waals surface area contributed by atoms with Crippen molar-refractivity contribution < 1.29 is 15.3 Å². The van der Waals surface area contributed by atoms with Gasteiger partial charge >= 0.3 is 0 Å². The first-order chi connectivity index (χ1) is 17.4. The predicted octanol–water partition coefficient (Wildman–Crippen LogP) is 1.72. The molecule has 4 atom stereocenters. The Morgan fingerprint density at radius 2 is 1.89 bits per heavy atom. The third kappa shape index (κ3) is 4.85. The van der Waals surface area contributed by atoms with E-state index in [2.05, 4.69) is 30.6 Å². The lowest BCUT2D eigenvalue weighted by molar-refractivity contribution is 0.00446. The molecule has 1 fully saturated rings. The van der Waals surface area contributed by atoms with Crippen LogP contribution in [0.25, 0.3) is 20.8 Å². The highest BCUT2D eigenvalue weighted by Gasteiger charge is 2.41. The van der Waals surface area contributed by atoms with Gasteiger partial charge in [0.1, 0.15) is 22.4 Å². The highest BCUT2D eigenvalue weighted by Crippen LogP contribution is 2.38. The van der Waals surface area contributed by atoms with Crippen molar-refractivity contribution in [3.05, 3.63) is 47.9 Å². The summed E-state index contributed by atoms with van der Waals surface area (Å²) in [6.07, 6.45) is 5.77. The topological polar surface area (TPSA) is 162 Å². The molecular formula is C24H28N8O3S. The van der Waals surface area contributed by atoms with Crippen LogP contribution in [0.5, 0.6) is 0 Å². The number of anilines is 2. The summed E-state index contributed by atoms with van der Waals surface area (Å²) in [6.45, 7) is 4.17. The lowest BCUT2D eigenvalue weighted by Crippen LogP contribution is -2.35. The van der Waals surface area contributed by atoms with Crippen molar-refractivity contribution in [2.45, 2.75) is 44.9 Å². The largest absolute Gasteiger partial charge is 0.396 e. The summed E-state index contributed by atoms with van der Waals surface area (Å²) in [6, 6.07) is 1.44. The average Bonchev–Trinajstić information content (AvgIpc) is 3.42. The van der Waals surface area contributed by atoms with Crippen molar-refractivity contribution in [1.82, 2.24) is 29.9 Å². The van der Waals surface area contributed by atoms with E-state index in [1.54, 1.807) is 24.8 Å². The summed E-state index contributed by atoms with van der Waals surface area (Å²) in [4.78, 5) is 27.0. The molecule has 1 saturated carbocycles. The summed E-state index contributed by atoms with van der Waals surface area (Å²) >= 11 is 1.52. The molecule has 0 spiro atoms. The zero-order valence-electron chi connectivity index (χ0n) is 20.0. The summed E-state index contributed by atoms with van der Waals surface area (Å²) in [5, 5.41) is 37.8.